The molecule has 0 saturated heterocycles. The van der Waals surface area contributed by atoms with Crippen molar-refractivity contribution < 1.29 is 4.74 Å². The smallest absolute Gasteiger partial charge is 0.123 e. The average Bonchev–Trinajstić information content (AvgIpc) is 2.52. The summed E-state index contributed by atoms with van der Waals surface area (Å²) in [5.74, 6) is 0.925. The molecule has 0 saturated carbocycles. The fraction of sp³-hybridized carbons (Fsp3) is 0.333. The summed E-state index contributed by atoms with van der Waals surface area (Å²) in [6.45, 7) is 3.01. The lowest BCUT2D eigenvalue weighted by atomic mass is 10.0. The Balaban J connectivity index is 2.10. The molecule has 0 amide bonds. The highest BCUT2D eigenvalue weighted by atomic mass is 79.9. The summed E-state index contributed by atoms with van der Waals surface area (Å²) >= 11 is 3.52. The minimum Gasteiger partial charge on any atom is -0.496 e. The molecule has 2 rings (SSSR count). The van der Waals surface area contributed by atoms with E-state index in [0.717, 1.165) is 29.6 Å². The van der Waals surface area contributed by atoms with Crippen molar-refractivity contribution in [2.24, 2.45) is 0 Å². The molecule has 1 N–H and O–H groups in total. The molecule has 2 aromatic rings. The first-order valence-electron chi connectivity index (χ1n) is 7.35. The van der Waals surface area contributed by atoms with Gasteiger partial charge in [-0.15, -0.1) is 0 Å². The van der Waals surface area contributed by atoms with Crippen LogP contribution in [0.1, 0.15) is 36.9 Å². The Morgan fingerprint density at radius 2 is 1.90 bits per heavy atom. The lowest BCUT2D eigenvalue weighted by Crippen LogP contribution is -2.21. The first kappa shape index (κ1) is 16.1. The van der Waals surface area contributed by atoms with Crippen molar-refractivity contribution in [2.75, 3.05) is 7.11 Å². The zero-order chi connectivity index (χ0) is 15.1. The van der Waals surface area contributed by atoms with Gasteiger partial charge in [-0.2, -0.15) is 0 Å². The van der Waals surface area contributed by atoms with Crippen LogP contribution in [0.3, 0.4) is 0 Å². The average molecular weight is 348 g/mol. The van der Waals surface area contributed by atoms with E-state index in [1.54, 1.807) is 7.11 Å². The number of ether oxygens (including phenoxy) is 1. The second kappa shape index (κ2) is 8.20. The third kappa shape index (κ3) is 4.58. The molecule has 0 heterocycles. The lowest BCUT2D eigenvalue weighted by Gasteiger charge is -2.19. The number of rotatable bonds is 7. The summed E-state index contributed by atoms with van der Waals surface area (Å²) in [6, 6.07) is 17.1. The van der Waals surface area contributed by atoms with E-state index in [0.29, 0.717) is 6.04 Å². The largest absolute Gasteiger partial charge is 0.496 e. The molecule has 112 valence electrons. The SMILES string of the molecule is CCCC(NCc1cc(Br)ccc1OC)c1ccccc1. The van der Waals surface area contributed by atoms with Crippen molar-refractivity contribution in [1.82, 2.24) is 5.32 Å². The lowest BCUT2D eigenvalue weighted by molar-refractivity contribution is 0.403. The highest BCUT2D eigenvalue weighted by molar-refractivity contribution is 9.10. The van der Waals surface area contributed by atoms with Crippen molar-refractivity contribution in [3.8, 4) is 5.75 Å². The second-order valence-corrected chi connectivity index (χ2v) is 6.00. The Hall–Kier alpha value is -1.32. The van der Waals surface area contributed by atoms with Crippen molar-refractivity contribution >= 4 is 15.9 Å². The van der Waals surface area contributed by atoms with Gasteiger partial charge in [0.1, 0.15) is 5.75 Å². The number of hydrogen-bond donors (Lipinski definition) is 1. The van der Waals surface area contributed by atoms with E-state index in [1.807, 2.05) is 12.1 Å². The molecule has 2 nitrogen and oxygen atoms in total. The molecule has 0 bridgehead atoms. The quantitative estimate of drug-likeness (QED) is 0.753. The molecule has 0 fully saturated rings. The molecule has 0 aliphatic heterocycles. The maximum atomic E-state index is 5.44. The number of hydrogen-bond acceptors (Lipinski definition) is 2. The summed E-state index contributed by atoms with van der Waals surface area (Å²) in [5, 5.41) is 3.65. The first-order valence-corrected chi connectivity index (χ1v) is 8.14. The van der Waals surface area contributed by atoms with Crippen molar-refractivity contribution in [2.45, 2.75) is 32.4 Å². The number of methoxy groups -OCH3 is 1. The van der Waals surface area contributed by atoms with Crippen LogP contribution in [-0.2, 0) is 6.54 Å². The molecular weight excluding hydrogens is 326 g/mol. The van der Waals surface area contributed by atoms with Crippen LogP contribution in [0.5, 0.6) is 5.75 Å². The normalized spacial score (nSPS) is 12.1. The molecule has 3 heteroatoms. The van der Waals surface area contributed by atoms with Crippen molar-refractivity contribution in [3.63, 3.8) is 0 Å². The highest BCUT2D eigenvalue weighted by Crippen LogP contribution is 2.25. The monoisotopic (exact) mass is 347 g/mol. The van der Waals surface area contributed by atoms with Crippen LogP contribution in [0.4, 0.5) is 0 Å². The fourth-order valence-corrected chi connectivity index (χ4v) is 2.89. The van der Waals surface area contributed by atoms with Gasteiger partial charge in [-0.3, -0.25) is 0 Å². The Morgan fingerprint density at radius 3 is 2.57 bits per heavy atom. The van der Waals surface area contributed by atoms with Crippen LogP contribution < -0.4 is 10.1 Å². The van der Waals surface area contributed by atoms with E-state index in [4.69, 9.17) is 4.74 Å². The van der Waals surface area contributed by atoms with Gasteiger partial charge in [0.25, 0.3) is 0 Å². The molecule has 1 atom stereocenters. The third-order valence-corrected chi connectivity index (χ3v) is 4.05. The van der Waals surface area contributed by atoms with E-state index in [1.165, 1.54) is 11.1 Å². The third-order valence-electron chi connectivity index (χ3n) is 3.56. The zero-order valence-corrected chi connectivity index (χ0v) is 14.2. The molecule has 0 aliphatic rings. The predicted molar refractivity (Wildman–Crippen MR) is 91.6 cm³/mol. The number of benzene rings is 2. The van der Waals surface area contributed by atoms with Crippen molar-refractivity contribution in [1.29, 1.82) is 0 Å². The Labute approximate surface area is 135 Å². The maximum Gasteiger partial charge on any atom is 0.123 e. The van der Waals surface area contributed by atoms with Gasteiger partial charge in [-0.05, 0) is 30.2 Å². The van der Waals surface area contributed by atoms with Crippen LogP contribution in [0.25, 0.3) is 0 Å². The zero-order valence-electron chi connectivity index (χ0n) is 12.6. The van der Waals surface area contributed by atoms with Crippen molar-refractivity contribution in [3.05, 3.63) is 64.1 Å². The minimum absolute atomic E-state index is 0.375. The summed E-state index contributed by atoms with van der Waals surface area (Å²) in [4.78, 5) is 0. The summed E-state index contributed by atoms with van der Waals surface area (Å²) in [5.41, 5.74) is 2.51. The summed E-state index contributed by atoms with van der Waals surface area (Å²) in [7, 11) is 1.72. The topological polar surface area (TPSA) is 21.3 Å². The van der Waals surface area contributed by atoms with Gasteiger partial charge in [0, 0.05) is 22.6 Å². The van der Waals surface area contributed by atoms with Gasteiger partial charge in [-0.1, -0.05) is 59.6 Å². The standard InChI is InChI=1S/C18H22BrNO/c1-3-7-17(14-8-5-4-6-9-14)20-13-15-12-16(19)10-11-18(15)21-2/h4-6,8-12,17,20H,3,7,13H2,1-2H3. The molecular formula is C18H22BrNO. The molecule has 21 heavy (non-hydrogen) atoms. The second-order valence-electron chi connectivity index (χ2n) is 5.09. The van der Waals surface area contributed by atoms with Crippen LogP contribution in [0, 0.1) is 0 Å². The van der Waals surface area contributed by atoms with Gasteiger partial charge < -0.3 is 10.1 Å². The Bertz CT molecular complexity index is 556. The number of nitrogens with one attached hydrogen (secondary N) is 1. The highest BCUT2D eigenvalue weighted by Gasteiger charge is 2.11. The van der Waals surface area contributed by atoms with Gasteiger partial charge in [0.2, 0.25) is 0 Å². The Kier molecular flexibility index (Phi) is 6.27. The predicted octanol–water partition coefficient (Wildman–Crippen LogP) is 5.09. The molecule has 0 spiro atoms. The summed E-state index contributed by atoms with van der Waals surface area (Å²) in [6.07, 6.45) is 2.28. The molecule has 2 aromatic carbocycles. The van der Waals surface area contributed by atoms with Gasteiger partial charge in [0.05, 0.1) is 7.11 Å². The number of halogens is 1. The van der Waals surface area contributed by atoms with Crippen LogP contribution in [0.2, 0.25) is 0 Å². The van der Waals surface area contributed by atoms with E-state index in [9.17, 15) is 0 Å². The van der Waals surface area contributed by atoms with Gasteiger partial charge >= 0.3 is 0 Å². The van der Waals surface area contributed by atoms with Gasteiger partial charge in [0.15, 0.2) is 0 Å². The van der Waals surface area contributed by atoms with E-state index < -0.39 is 0 Å². The van der Waals surface area contributed by atoms with E-state index in [-0.39, 0.29) is 0 Å². The minimum atomic E-state index is 0.375. The first-order chi connectivity index (χ1) is 10.2. The van der Waals surface area contributed by atoms with Crippen LogP contribution in [0.15, 0.2) is 53.0 Å². The summed E-state index contributed by atoms with van der Waals surface area (Å²) < 4.78 is 6.51. The Morgan fingerprint density at radius 1 is 1.14 bits per heavy atom. The van der Waals surface area contributed by atoms with Crippen LogP contribution in [-0.4, -0.2) is 7.11 Å². The van der Waals surface area contributed by atoms with E-state index in [2.05, 4.69) is 64.6 Å². The van der Waals surface area contributed by atoms with Crippen LogP contribution >= 0.6 is 15.9 Å². The molecule has 0 aromatic heterocycles. The van der Waals surface area contributed by atoms with E-state index >= 15 is 0 Å². The molecule has 1 unspecified atom stereocenters. The molecule has 0 radical (unpaired) electrons. The maximum absolute atomic E-state index is 5.44. The fourth-order valence-electron chi connectivity index (χ4n) is 2.48. The molecule has 0 aliphatic carbocycles. The van der Waals surface area contributed by atoms with Gasteiger partial charge in [-0.25, -0.2) is 0 Å².